The second kappa shape index (κ2) is 5.65. The van der Waals surface area contributed by atoms with Crippen molar-refractivity contribution in [3.63, 3.8) is 0 Å². The minimum Gasteiger partial charge on any atom is -1.00 e. The average molecular weight is 413 g/mol. The summed E-state index contributed by atoms with van der Waals surface area (Å²) in [5.41, 5.74) is 0. The molecule has 74 valence electrons. The maximum absolute atomic E-state index is 3.41. The molecule has 0 nitrogen and oxygen atoms in total. The molecule has 0 aromatic heterocycles. The zero-order valence-corrected chi connectivity index (χ0v) is 15.0. The Morgan fingerprint density at radius 2 is 1.12 bits per heavy atom. The first-order valence-electron chi connectivity index (χ1n) is 4.73. The van der Waals surface area contributed by atoms with E-state index < -0.39 is 0 Å². The molecule has 0 amide bonds. The van der Waals surface area contributed by atoms with Gasteiger partial charge in [0.1, 0.15) is 0 Å². The van der Waals surface area contributed by atoms with E-state index in [-0.39, 0.29) is 40.1 Å². The SMILES string of the molecule is [Cl-].[Hg+].[c]1c2ccccc2cc2ccccc12. The van der Waals surface area contributed by atoms with Gasteiger partial charge in [0.25, 0.3) is 0 Å². The van der Waals surface area contributed by atoms with Gasteiger partial charge in [0.2, 0.25) is 0 Å². The van der Waals surface area contributed by atoms with E-state index in [1.807, 2.05) is 12.1 Å². The summed E-state index contributed by atoms with van der Waals surface area (Å²) in [7, 11) is 0. The molecular weight excluding hydrogens is 404 g/mol. The summed E-state index contributed by atoms with van der Waals surface area (Å²) in [6.45, 7) is 0. The van der Waals surface area contributed by atoms with Crippen LogP contribution < -0.4 is 12.4 Å². The van der Waals surface area contributed by atoms with E-state index in [0.29, 0.717) is 0 Å². The molecule has 0 atom stereocenters. The van der Waals surface area contributed by atoms with Crippen molar-refractivity contribution in [2.75, 3.05) is 0 Å². The van der Waals surface area contributed by atoms with Gasteiger partial charge < -0.3 is 12.4 Å². The fraction of sp³-hybridized carbons (Fsp3) is 0. The van der Waals surface area contributed by atoms with Crippen LogP contribution in [0.25, 0.3) is 21.5 Å². The molecule has 0 fully saturated rings. The molecule has 0 heterocycles. The van der Waals surface area contributed by atoms with Crippen LogP contribution in [0.2, 0.25) is 0 Å². The first kappa shape index (κ1) is 13.5. The number of hydrogen-bond donors (Lipinski definition) is 0. The fourth-order valence-corrected chi connectivity index (χ4v) is 1.79. The van der Waals surface area contributed by atoms with Crippen molar-refractivity contribution in [1.29, 1.82) is 0 Å². The number of benzene rings is 3. The Morgan fingerprint density at radius 1 is 0.688 bits per heavy atom. The molecule has 0 aliphatic rings. The largest absolute Gasteiger partial charge is 1.00 e. The fourth-order valence-electron chi connectivity index (χ4n) is 1.79. The Bertz CT molecular complexity index is 499. The van der Waals surface area contributed by atoms with Crippen LogP contribution in [0.5, 0.6) is 0 Å². The van der Waals surface area contributed by atoms with Gasteiger partial charge in [-0.3, -0.25) is 0 Å². The van der Waals surface area contributed by atoms with Crippen LogP contribution >= 0.6 is 0 Å². The minimum atomic E-state index is 0. The number of halogens is 1. The van der Waals surface area contributed by atoms with E-state index in [1.165, 1.54) is 21.5 Å². The van der Waals surface area contributed by atoms with Gasteiger partial charge in [-0.25, -0.2) is 0 Å². The number of fused-ring (bicyclic) bond motifs is 2. The Hall–Kier alpha value is -0.595. The van der Waals surface area contributed by atoms with Gasteiger partial charge in [-0.2, -0.15) is 0 Å². The number of hydrogen-bond acceptors (Lipinski definition) is 0. The molecule has 0 saturated carbocycles. The molecule has 2 heteroatoms. The summed E-state index contributed by atoms with van der Waals surface area (Å²) in [6.07, 6.45) is 0. The Balaban J connectivity index is 0.000000640. The van der Waals surface area contributed by atoms with Gasteiger partial charge in [-0.15, -0.1) is 0 Å². The third-order valence-corrected chi connectivity index (χ3v) is 2.50. The Kier molecular flexibility index (Phi) is 4.76. The third kappa shape index (κ3) is 2.39. The smallest absolute Gasteiger partial charge is 1.00 e. The summed E-state index contributed by atoms with van der Waals surface area (Å²) in [5.74, 6) is 0. The molecular formula is C14H9ClHg. The zero-order valence-electron chi connectivity index (χ0n) is 8.78. The molecule has 0 N–H and O–H groups in total. The van der Waals surface area contributed by atoms with Crippen molar-refractivity contribution in [2.24, 2.45) is 0 Å². The van der Waals surface area contributed by atoms with Crippen LogP contribution in [0.4, 0.5) is 0 Å². The topological polar surface area (TPSA) is 0 Å². The van der Waals surface area contributed by atoms with Crippen LogP contribution in [0, 0.1) is 6.07 Å². The van der Waals surface area contributed by atoms with Crippen molar-refractivity contribution in [2.45, 2.75) is 0 Å². The molecule has 0 bridgehead atoms. The van der Waals surface area contributed by atoms with E-state index in [4.69, 9.17) is 0 Å². The van der Waals surface area contributed by atoms with Gasteiger partial charge in [-0.1, -0.05) is 48.5 Å². The maximum Gasteiger partial charge on any atom is 1.00 e. The normalized spacial score (nSPS) is 9.50. The van der Waals surface area contributed by atoms with Crippen LogP contribution in [0.1, 0.15) is 0 Å². The molecule has 3 rings (SSSR count). The van der Waals surface area contributed by atoms with Gasteiger partial charge >= 0.3 is 27.7 Å². The predicted molar refractivity (Wildman–Crippen MR) is 60.3 cm³/mol. The van der Waals surface area contributed by atoms with E-state index in [0.717, 1.165) is 0 Å². The van der Waals surface area contributed by atoms with Gasteiger partial charge in [-0.05, 0) is 33.7 Å². The van der Waals surface area contributed by atoms with Gasteiger partial charge in [0, 0.05) is 0 Å². The second-order valence-corrected chi connectivity index (χ2v) is 3.44. The first-order chi connectivity index (χ1) is 6.93. The maximum atomic E-state index is 3.41. The summed E-state index contributed by atoms with van der Waals surface area (Å²) in [6, 6.07) is 22.3. The standard InChI is InChI=1S/C14H9.ClH.Hg/c1-2-6-12-10-14-8-4-3-7-13(14)9-11(12)5-1;;/h1-9H;1H;/q;;+1/p-1. The van der Waals surface area contributed by atoms with Crippen LogP contribution in [-0.4, -0.2) is 0 Å². The molecule has 0 spiro atoms. The predicted octanol–water partition coefficient (Wildman–Crippen LogP) is 0.795. The molecule has 3 aromatic rings. The van der Waals surface area contributed by atoms with Gasteiger partial charge in [0.15, 0.2) is 0 Å². The van der Waals surface area contributed by atoms with E-state index in [9.17, 15) is 0 Å². The van der Waals surface area contributed by atoms with Crippen molar-refractivity contribution in [3.8, 4) is 0 Å². The molecule has 0 aliphatic carbocycles. The Morgan fingerprint density at radius 3 is 1.62 bits per heavy atom. The third-order valence-electron chi connectivity index (χ3n) is 2.50. The summed E-state index contributed by atoms with van der Waals surface area (Å²) in [4.78, 5) is 0. The Labute approximate surface area is 122 Å². The monoisotopic (exact) mass is 414 g/mol. The summed E-state index contributed by atoms with van der Waals surface area (Å²) < 4.78 is 0. The van der Waals surface area contributed by atoms with E-state index in [1.54, 1.807) is 0 Å². The minimum absolute atomic E-state index is 0. The molecule has 0 aliphatic heterocycles. The van der Waals surface area contributed by atoms with Crippen molar-refractivity contribution >= 4 is 21.5 Å². The van der Waals surface area contributed by atoms with Crippen LogP contribution in [-0.2, 0) is 27.7 Å². The van der Waals surface area contributed by atoms with Gasteiger partial charge in [0.05, 0.1) is 0 Å². The average Bonchev–Trinajstić information content (AvgIpc) is 2.26. The molecule has 3 aromatic carbocycles. The second-order valence-electron chi connectivity index (χ2n) is 3.44. The molecule has 16 heavy (non-hydrogen) atoms. The van der Waals surface area contributed by atoms with Crippen LogP contribution in [0.15, 0.2) is 54.6 Å². The first-order valence-corrected chi connectivity index (χ1v) is 4.73. The molecule has 2 radical (unpaired) electrons. The summed E-state index contributed by atoms with van der Waals surface area (Å²) >= 11 is 0. The van der Waals surface area contributed by atoms with E-state index in [2.05, 4.69) is 48.5 Å². The molecule has 0 unspecified atom stereocenters. The van der Waals surface area contributed by atoms with Crippen LogP contribution in [0.3, 0.4) is 0 Å². The zero-order chi connectivity index (χ0) is 9.38. The van der Waals surface area contributed by atoms with Crippen molar-refractivity contribution < 1.29 is 40.1 Å². The van der Waals surface area contributed by atoms with Crippen molar-refractivity contribution in [3.05, 3.63) is 60.7 Å². The van der Waals surface area contributed by atoms with E-state index >= 15 is 0 Å². The molecule has 0 saturated heterocycles. The van der Waals surface area contributed by atoms with Crippen molar-refractivity contribution in [1.82, 2.24) is 0 Å². The number of rotatable bonds is 0. The summed E-state index contributed by atoms with van der Waals surface area (Å²) in [5, 5.41) is 4.88. The quantitative estimate of drug-likeness (QED) is 0.378.